The van der Waals surface area contributed by atoms with Crippen molar-refractivity contribution in [3.05, 3.63) is 48.4 Å². The van der Waals surface area contributed by atoms with E-state index >= 15 is 0 Å². The Morgan fingerprint density at radius 1 is 1.20 bits per heavy atom. The lowest BCUT2D eigenvalue weighted by Crippen LogP contribution is -2.16. The summed E-state index contributed by atoms with van der Waals surface area (Å²) >= 11 is 1.48. The highest BCUT2D eigenvalue weighted by molar-refractivity contribution is 7.13. The van der Waals surface area contributed by atoms with Gasteiger partial charge in [0.05, 0.1) is 18.5 Å². The number of methoxy groups -OCH3 is 1. The molecule has 0 saturated heterocycles. The van der Waals surface area contributed by atoms with Crippen LogP contribution in [0.5, 0.6) is 17.2 Å². The van der Waals surface area contributed by atoms with Crippen molar-refractivity contribution >= 4 is 22.3 Å². The van der Waals surface area contributed by atoms with Gasteiger partial charge in [0.25, 0.3) is 0 Å². The smallest absolute Gasteiger partial charge is 0.188 e. The maximum Gasteiger partial charge on any atom is 0.188 e. The average molecular weight is 358 g/mol. The molecule has 25 heavy (non-hydrogen) atoms. The highest BCUT2D eigenvalue weighted by Gasteiger charge is 2.12. The van der Waals surface area contributed by atoms with E-state index in [1.165, 1.54) is 11.3 Å². The topological polar surface area (TPSA) is 78.4 Å². The van der Waals surface area contributed by atoms with E-state index in [0.717, 1.165) is 5.13 Å². The van der Waals surface area contributed by atoms with Crippen LogP contribution < -0.4 is 14.8 Å². The molecule has 0 amide bonds. The van der Waals surface area contributed by atoms with Crippen molar-refractivity contribution in [1.29, 1.82) is 0 Å². The zero-order valence-corrected chi connectivity index (χ0v) is 14.7. The van der Waals surface area contributed by atoms with Crippen molar-refractivity contribution < 1.29 is 14.2 Å². The third-order valence-corrected chi connectivity index (χ3v) is 3.92. The van der Waals surface area contributed by atoms with Crippen LogP contribution in [0, 0.1) is 0 Å². The lowest BCUT2D eigenvalue weighted by molar-refractivity contribution is 0.0717. The highest BCUT2D eigenvalue weighted by Crippen LogP contribution is 2.32. The summed E-state index contributed by atoms with van der Waals surface area (Å²) in [5.74, 6) is 2.30. The molecule has 0 saturated carbocycles. The number of nitrogens with one attached hydrogen (secondary N) is 1. The molecule has 0 spiro atoms. The standard InChI is InChI=1S/C17H18N4O3S/c1-12(22-2)11-23-15-8-14(24-13-4-3-5-18-9-13)10-20-16(15)21-17-19-6-7-25-17/h3-10,12H,11H2,1-2H3,(H,19,20,21). The van der Waals surface area contributed by atoms with Gasteiger partial charge in [-0.3, -0.25) is 4.98 Å². The van der Waals surface area contributed by atoms with Crippen molar-refractivity contribution in [2.75, 3.05) is 19.0 Å². The van der Waals surface area contributed by atoms with Crippen LogP contribution in [-0.2, 0) is 4.74 Å². The number of thiazole rings is 1. The van der Waals surface area contributed by atoms with Gasteiger partial charge in [-0.2, -0.15) is 0 Å². The first-order chi connectivity index (χ1) is 12.2. The number of aromatic nitrogens is 3. The minimum absolute atomic E-state index is 0.0457. The van der Waals surface area contributed by atoms with E-state index in [4.69, 9.17) is 14.2 Å². The van der Waals surface area contributed by atoms with Gasteiger partial charge in [-0.1, -0.05) is 0 Å². The van der Waals surface area contributed by atoms with Crippen LogP contribution in [0.1, 0.15) is 6.92 Å². The number of anilines is 2. The minimum Gasteiger partial charge on any atom is -0.487 e. The summed E-state index contributed by atoms with van der Waals surface area (Å²) in [4.78, 5) is 12.6. The summed E-state index contributed by atoms with van der Waals surface area (Å²) in [6, 6.07) is 5.40. The first kappa shape index (κ1) is 17.1. The molecule has 3 rings (SSSR count). The third kappa shape index (κ3) is 4.88. The molecule has 1 atom stereocenters. The fraction of sp³-hybridized carbons (Fsp3) is 0.235. The fourth-order valence-electron chi connectivity index (χ4n) is 1.89. The molecule has 1 N–H and O–H groups in total. The molecule has 0 aliphatic heterocycles. The normalized spacial score (nSPS) is 11.8. The molecular formula is C17H18N4O3S. The van der Waals surface area contributed by atoms with Crippen LogP contribution in [0.15, 0.2) is 48.4 Å². The van der Waals surface area contributed by atoms with Crippen LogP contribution in [0.4, 0.5) is 10.9 Å². The van der Waals surface area contributed by atoms with E-state index in [1.54, 1.807) is 44.0 Å². The summed E-state index contributed by atoms with van der Waals surface area (Å²) in [6.07, 6.45) is 6.62. The molecule has 130 valence electrons. The third-order valence-electron chi connectivity index (χ3n) is 3.23. The van der Waals surface area contributed by atoms with Crippen molar-refractivity contribution in [1.82, 2.24) is 15.0 Å². The van der Waals surface area contributed by atoms with Gasteiger partial charge in [-0.15, -0.1) is 11.3 Å². The number of nitrogens with zero attached hydrogens (tertiary/aromatic N) is 3. The predicted octanol–water partition coefficient (Wildman–Crippen LogP) is 3.88. The maximum atomic E-state index is 5.85. The Morgan fingerprint density at radius 2 is 2.12 bits per heavy atom. The van der Waals surface area contributed by atoms with E-state index in [9.17, 15) is 0 Å². The molecule has 3 aromatic heterocycles. The molecule has 0 aliphatic rings. The molecule has 1 unspecified atom stereocenters. The molecule has 0 aromatic carbocycles. The van der Waals surface area contributed by atoms with Gasteiger partial charge in [0.15, 0.2) is 16.7 Å². The van der Waals surface area contributed by atoms with E-state index < -0.39 is 0 Å². The second-order valence-electron chi connectivity index (χ2n) is 5.13. The van der Waals surface area contributed by atoms with Crippen LogP contribution in [0.25, 0.3) is 0 Å². The molecule has 3 aromatic rings. The Balaban J connectivity index is 1.81. The van der Waals surface area contributed by atoms with Gasteiger partial charge in [0.2, 0.25) is 0 Å². The lowest BCUT2D eigenvalue weighted by atomic mass is 10.3. The average Bonchev–Trinajstić information content (AvgIpc) is 3.15. The van der Waals surface area contributed by atoms with Gasteiger partial charge >= 0.3 is 0 Å². The lowest BCUT2D eigenvalue weighted by Gasteiger charge is -2.15. The Hall–Kier alpha value is -2.71. The predicted molar refractivity (Wildman–Crippen MR) is 95.9 cm³/mol. The van der Waals surface area contributed by atoms with Crippen molar-refractivity contribution in [3.63, 3.8) is 0 Å². The van der Waals surface area contributed by atoms with Crippen LogP contribution >= 0.6 is 11.3 Å². The summed E-state index contributed by atoms with van der Waals surface area (Å²) in [5.41, 5.74) is 0. The van der Waals surface area contributed by atoms with E-state index in [1.807, 2.05) is 18.4 Å². The fourth-order valence-corrected chi connectivity index (χ4v) is 2.42. The zero-order chi connectivity index (χ0) is 17.5. The van der Waals surface area contributed by atoms with Crippen LogP contribution in [0.3, 0.4) is 0 Å². The van der Waals surface area contributed by atoms with Crippen molar-refractivity contribution in [2.45, 2.75) is 13.0 Å². The van der Waals surface area contributed by atoms with Crippen molar-refractivity contribution in [2.24, 2.45) is 0 Å². The summed E-state index contributed by atoms with van der Waals surface area (Å²) in [5, 5.41) is 5.77. The number of hydrogen-bond donors (Lipinski definition) is 1. The number of hydrogen-bond acceptors (Lipinski definition) is 8. The Bertz CT molecular complexity index is 784. The SMILES string of the molecule is COC(C)COc1cc(Oc2cccnc2)cnc1Nc1nccs1. The first-order valence-electron chi connectivity index (χ1n) is 7.64. The summed E-state index contributed by atoms with van der Waals surface area (Å²) < 4.78 is 16.8. The molecule has 8 heteroatoms. The second-order valence-corrected chi connectivity index (χ2v) is 6.02. The monoisotopic (exact) mass is 358 g/mol. The largest absolute Gasteiger partial charge is 0.487 e. The molecule has 3 heterocycles. The summed E-state index contributed by atoms with van der Waals surface area (Å²) in [7, 11) is 1.64. The summed E-state index contributed by atoms with van der Waals surface area (Å²) in [6.45, 7) is 2.32. The molecule has 0 bridgehead atoms. The quantitative estimate of drug-likeness (QED) is 0.654. The van der Waals surface area contributed by atoms with Crippen molar-refractivity contribution in [3.8, 4) is 17.2 Å². The van der Waals surface area contributed by atoms with Gasteiger partial charge in [0.1, 0.15) is 18.1 Å². The maximum absolute atomic E-state index is 5.85. The minimum atomic E-state index is -0.0457. The zero-order valence-electron chi connectivity index (χ0n) is 13.9. The number of ether oxygens (including phenoxy) is 3. The Labute approximate surface area is 149 Å². The Kier molecular flexibility index (Phi) is 5.76. The van der Waals surface area contributed by atoms with Gasteiger partial charge in [-0.25, -0.2) is 9.97 Å². The first-order valence-corrected chi connectivity index (χ1v) is 8.52. The van der Waals surface area contributed by atoms with Gasteiger partial charge < -0.3 is 19.5 Å². The Morgan fingerprint density at radius 3 is 2.84 bits per heavy atom. The van der Waals surface area contributed by atoms with E-state index in [0.29, 0.717) is 29.7 Å². The van der Waals surface area contributed by atoms with Crippen LogP contribution in [0.2, 0.25) is 0 Å². The van der Waals surface area contributed by atoms with E-state index in [-0.39, 0.29) is 6.10 Å². The molecule has 0 fully saturated rings. The van der Waals surface area contributed by atoms with Gasteiger partial charge in [0, 0.05) is 30.9 Å². The van der Waals surface area contributed by atoms with Gasteiger partial charge in [-0.05, 0) is 19.1 Å². The number of rotatable bonds is 8. The second kappa shape index (κ2) is 8.41. The molecule has 0 radical (unpaired) electrons. The number of pyridine rings is 2. The molecular weight excluding hydrogens is 340 g/mol. The highest BCUT2D eigenvalue weighted by atomic mass is 32.1. The van der Waals surface area contributed by atoms with Crippen LogP contribution in [-0.4, -0.2) is 34.8 Å². The molecule has 0 aliphatic carbocycles. The molecule has 7 nitrogen and oxygen atoms in total. The van der Waals surface area contributed by atoms with E-state index in [2.05, 4.69) is 20.3 Å².